The predicted molar refractivity (Wildman–Crippen MR) is 69.7 cm³/mol. The van der Waals surface area contributed by atoms with E-state index in [1.54, 1.807) is 19.0 Å². The van der Waals surface area contributed by atoms with Crippen molar-refractivity contribution in [3.8, 4) is 0 Å². The van der Waals surface area contributed by atoms with E-state index in [0.29, 0.717) is 0 Å². The van der Waals surface area contributed by atoms with Crippen molar-refractivity contribution in [1.29, 1.82) is 0 Å². The lowest BCUT2D eigenvalue weighted by Crippen LogP contribution is -2.49. The summed E-state index contributed by atoms with van der Waals surface area (Å²) in [5.74, 6) is 0.247. The van der Waals surface area contributed by atoms with Crippen molar-refractivity contribution in [3.05, 3.63) is 0 Å². The third kappa shape index (κ3) is 3.44. The van der Waals surface area contributed by atoms with Crippen LogP contribution in [0.3, 0.4) is 0 Å². The molecule has 1 aliphatic carbocycles. The van der Waals surface area contributed by atoms with Crippen LogP contribution in [-0.4, -0.2) is 35.6 Å². The molecule has 0 aromatic heterocycles. The molecule has 0 aromatic rings. The fourth-order valence-corrected chi connectivity index (χ4v) is 3.09. The van der Waals surface area contributed by atoms with Gasteiger partial charge in [-0.1, -0.05) is 33.6 Å². The van der Waals surface area contributed by atoms with Gasteiger partial charge in [-0.05, 0) is 24.2 Å². The van der Waals surface area contributed by atoms with Crippen molar-refractivity contribution in [3.63, 3.8) is 0 Å². The van der Waals surface area contributed by atoms with E-state index in [1.165, 1.54) is 6.42 Å². The SMILES string of the molecule is CN(C)C(=O)CC1(O)CCCCC1C(C)(C)C. The number of rotatable bonds is 2. The molecule has 2 unspecified atom stereocenters. The van der Waals surface area contributed by atoms with Gasteiger partial charge in [-0.15, -0.1) is 0 Å². The molecule has 17 heavy (non-hydrogen) atoms. The van der Waals surface area contributed by atoms with Crippen LogP contribution >= 0.6 is 0 Å². The summed E-state index contributed by atoms with van der Waals surface area (Å²) in [6, 6.07) is 0. The first-order valence-electron chi connectivity index (χ1n) is 6.59. The Morgan fingerprint density at radius 2 is 1.94 bits per heavy atom. The lowest BCUT2D eigenvalue weighted by Gasteiger charge is -2.46. The Morgan fingerprint density at radius 1 is 1.35 bits per heavy atom. The summed E-state index contributed by atoms with van der Waals surface area (Å²) in [5, 5.41) is 10.8. The summed E-state index contributed by atoms with van der Waals surface area (Å²) in [6.07, 6.45) is 4.25. The smallest absolute Gasteiger partial charge is 0.224 e. The highest BCUT2D eigenvalue weighted by atomic mass is 16.3. The van der Waals surface area contributed by atoms with E-state index in [2.05, 4.69) is 20.8 Å². The molecule has 1 saturated carbocycles. The number of hydrogen-bond acceptors (Lipinski definition) is 2. The molecule has 0 heterocycles. The third-order valence-corrected chi connectivity index (χ3v) is 4.00. The zero-order valence-electron chi connectivity index (χ0n) is 11.9. The molecule has 2 atom stereocenters. The molecule has 1 rings (SSSR count). The van der Waals surface area contributed by atoms with E-state index < -0.39 is 5.60 Å². The Kier molecular flexibility index (Phi) is 4.23. The van der Waals surface area contributed by atoms with Gasteiger partial charge >= 0.3 is 0 Å². The van der Waals surface area contributed by atoms with Crippen LogP contribution in [0.5, 0.6) is 0 Å². The Bertz CT molecular complexity index is 280. The molecule has 0 aromatic carbocycles. The second kappa shape index (κ2) is 4.97. The number of nitrogens with zero attached hydrogens (tertiary/aromatic N) is 1. The predicted octanol–water partition coefficient (Wildman–Crippen LogP) is 2.43. The van der Waals surface area contributed by atoms with E-state index in [4.69, 9.17) is 0 Å². The summed E-state index contributed by atoms with van der Waals surface area (Å²) in [4.78, 5) is 13.4. The second-order valence-electron chi connectivity index (χ2n) is 6.73. The molecule has 1 fully saturated rings. The minimum Gasteiger partial charge on any atom is -0.389 e. The van der Waals surface area contributed by atoms with E-state index in [-0.39, 0.29) is 23.7 Å². The molecule has 1 amide bonds. The van der Waals surface area contributed by atoms with Crippen LogP contribution in [0.15, 0.2) is 0 Å². The normalized spacial score (nSPS) is 30.1. The van der Waals surface area contributed by atoms with Crippen LogP contribution in [-0.2, 0) is 4.79 Å². The number of carbonyl (C=O) groups excluding carboxylic acids is 1. The quantitative estimate of drug-likeness (QED) is 0.806. The van der Waals surface area contributed by atoms with Gasteiger partial charge in [0.1, 0.15) is 0 Å². The lowest BCUT2D eigenvalue weighted by molar-refractivity contribution is -0.144. The van der Waals surface area contributed by atoms with Crippen LogP contribution in [0.4, 0.5) is 0 Å². The molecule has 1 N–H and O–H groups in total. The van der Waals surface area contributed by atoms with Crippen LogP contribution in [0.1, 0.15) is 52.9 Å². The summed E-state index contributed by atoms with van der Waals surface area (Å²) in [6.45, 7) is 6.48. The van der Waals surface area contributed by atoms with E-state index in [0.717, 1.165) is 19.3 Å². The van der Waals surface area contributed by atoms with Gasteiger partial charge in [0.15, 0.2) is 0 Å². The van der Waals surface area contributed by atoms with E-state index in [1.807, 2.05) is 0 Å². The first-order valence-corrected chi connectivity index (χ1v) is 6.59. The second-order valence-corrected chi connectivity index (χ2v) is 6.73. The molecule has 1 aliphatic rings. The van der Waals surface area contributed by atoms with Gasteiger partial charge in [0, 0.05) is 14.1 Å². The van der Waals surface area contributed by atoms with Crippen molar-refractivity contribution < 1.29 is 9.90 Å². The minimum atomic E-state index is -0.808. The fraction of sp³-hybridized carbons (Fsp3) is 0.929. The maximum absolute atomic E-state index is 11.9. The molecule has 0 saturated heterocycles. The molecule has 0 spiro atoms. The highest BCUT2D eigenvalue weighted by molar-refractivity contribution is 5.76. The molecule has 3 nitrogen and oxygen atoms in total. The largest absolute Gasteiger partial charge is 0.389 e. The van der Waals surface area contributed by atoms with E-state index in [9.17, 15) is 9.90 Å². The van der Waals surface area contributed by atoms with Crippen LogP contribution in [0.2, 0.25) is 0 Å². The van der Waals surface area contributed by atoms with Gasteiger partial charge in [0.2, 0.25) is 5.91 Å². The lowest BCUT2D eigenvalue weighted by atomic mass is 9.62. The molecule has 100 valence electrons. The number of carbonyl (C=O) groups is 1. The van der Waals surface area contributed by atoms with Crippen molar-refractivity contribution in [1.82, 2.24) is 4.90 Å². The molecule has 3 heteroatoms. The number of aliphatic hydroxyl groups is 1. The zero-order chi connectivity index (χ0) is 13.3. The number of hydrogen-bond donors (Lipinski definition) is 1. The van der Waals surface area contributed by atoms with Crippen molar-refractivity contribution in [2.75, 3.05) is 14.1 Å². The third-order valence-electron chi connectivity index (χ3n) is 4.00. The van der Waals surface area contributed by atoms with Crippen molar-refractivity contribution in [2.24, 2.45) is 11.3 Å². The maximum atomic E-state index is 11.9. The maximum Gasteiger partial charge on any atom is 0.224 e. The van der Waals surface area contributed by atoms with Crippen molar-refractivity contribution in [2.45, 2.75) is 58.5 Å². The summed E-state index contributed by atoms with van der Waals surface area (Å²) in [7, 11) is 3.50. The molecule has 0 bridgehead atoms. The summed E-state index contributed by atoms with van der Waals surface area (Å²) >= 11 is 0. The van der Waals surface area contributed by atoms with Gasteiger partial charge < -0.3 is 10.0 Å². The average molecular weight is 241 g/mol. The summed E-state index contributed by atoms with van der Waals surface area (Å²) in [5.41, 5.74) is -0.750. The van der Waals surface area contributed by atoms with Gasteiger partial charge in [0.25, 0.3) is 0 Å². The zero-order valence-corrected chi connectivity index (χ0v) is 11.9. The Morgan fingerprint density at radius 3 is 2.41 bits per heavy atom. The molecular formula is C14H27NO2. The van der Waals surface area contributed by atoms with Gasteiger partial charge in [-0.2, -0.15) is 0 Å². The minimum absolute atomic E-state index is 0.0312. The standard InChI is InChI=1S/C14H27NO2/c1-13(2,3)11-8-6-7-9-14(11,17)10-12(16)15(4)5/h11,17H,6-10H2,1-5H3. The van der Waals surface area contributed by atoms with Gasteiger partial charge in [0.05, 0.1) is 12.0 Å². The van der Waals surface area contributed by atoms with E-state index >= 15 is 0 Å². The monoisotopic (exact) mass is 241 g/mol. The van der Waals surface area contributed by atoms with Crippen molar-refractivity contribution >= 4 is 5.91 Å². The van der Waals surface area contributed by atoms with Crippen LogP contribution in [0, 0.1) is 11.3 Å². The number of amides is 1. The molecule has 0 aliphatic heterocycles. The Labute approximate surface area is 105 Å². The topological polar surface area (TPSA) is 40.5 Å². The first-order chi connectivity index (χ1) is 7.67. The average Bonchev–Trinajstić information content (AvgIpc) is 2.15. The Balaban J connectivity index is 2.85. The highest BCUT2D eigenvalue weighted by Crippen LogP contribution is 2.46. The van der Waals surface area contributed by atoms with Gasteiger partial charge in [-0.25, -0.2) is 0 Å². The molecular weight excluding hydrogens is 214 g/mol. The van der Waals surface area contributed by atoms with Gasteiger partial charge in [-0.3, -0.25) is 4.79 Å². The Hall–Kier alpha value is -0.570. The fourth-order valence-electron chi connectivity index (χ4n) is 3.09. The van der Waals surface area contributed by atoms with Crippen LogP contribution < -0.4 is 0 Å². The van der Waals surface area contributed by atoms with Crippen LogP contribution in [0.25, 0.3) is 0 Å². The molecule has 0 radical (unpaired) electrons. The summed E-state index contributed by atoms with van der Waals surface area (Å²) < 4.78 is 0. The highest BCUT2D eigenvalue weighted by Gasteiger charge is 2.46. The first kappa shape index (κ1) is 14.5.